The van der Waals surface area contributed by atoms with Gasteiger partial charge < -0.3 is 15.0 Å². The van der Waals surface area contributed by atoms with Crippen LogP contribution in [0.5, 0.6) is 0 Å². The van der Waals surface area contributed by atoms with E-state index in [2.05, 4.69) is 49.7 Å². The molecule has 0 aromatic carbocycles. The van der Waals surface area contributed by atoms with E-state index < -0.39 is 0 Å². The van der Waals surface area contributed by atoms with Gasteiger partial charge in [-0.05, 0) is 20.8 Å². The minimum atomic E-state index is 0. The van der Waals surface area contributed by atoms with Gasteiger partial charge in [0.05, 0.1) is 19.8 Å². The maximum atomic E-state index is 5.38. The van der Waals surface area contributed by atoms with E-state index in [1.54, 1.807) is 0 Å². The Morgan fingerprint density at radius 1 is 1.18 bits per heavy atom. The summed E-state index contributed by atoms with van der Waals surface area (Å²) in [7, 11) is 0. The Bertz CT molecular complexity index is 378. The Labute approximate surface area is 152 Å². The molecule has 0 aliphatic carbocycles. The molecule has 2 aliphatic heterocycles. The van der Waals surface area contributed by atoms with Crippen molar-refractivity contribution in [1.82, 2.24) is 15.1 Å². The summed E-state index contributed by atoms with van der Waals surface area (Å²) in [5, 5.41) is 3.45. The van der Waals surface area contributed by atoms with Gasteiger partial charge in [0.25, 0.3) is 0 Å². The zero-order valence-corrected chi connectivity index (χ0v) is 17.1. The number of ether oxygens (including phenoxy) is 1. The van der Waals surface area contributed by atoms with Crippen LogP contribution in [0.15, 0.2) is 4.99 Å². The molecule has 0 saturated carbocycles. The molecular weight excluding hydrogens is 391 g/mol. The number of likely N-dealkylation sites (tertiary alicyclic amines) is 1. The van der Waals surface area contributed by atoms with Crippen LogP contribution in [0.25, 0.3) is 0 Å². The second-order valence-corrected chi connectivity index (χ2v) is 7.22. The van der Waals surface area contributed by atoms with Crippen molar-refractivity contribution in [2.75, 3.05) is 52.5 Å². The lowest BCUT2D eigenvalue weighted by Gasteiger charge is -2.62. The van der Waals surface area contributed by atoms with Crippen molar-refractivity contribution in [1.29, 1.82) is 0 Å². The average Bonchev–Trinajstić information content (AvgIpc) is 2.45. The van der Waals surface area contributed by atoms with E-state index >= 15 is 0 Å². The summed E-state index contributed by atoms with van der Waals surface area (Å²) in [6, 6.07) is 0. The number of halogens is 1. The summed E-state index contributed by atoms with van der Waals surface area (Å²) in [5.74, 6) is 1.06. The molecule has 2 saturated heterocycles. The fraction of sp³-hybridized carbons (Fsp3) is 0.938. The smallest absolute Gasteiger partial charge is 0.194 e. The highest BCUT2D eigenvalue weighted by Gasteiger charge is 2.53. The fourth-order valence-corrected chi connectivity index (χ4v) is 2.92. The SMILES string of the molecule is CCNC(=NCCN1CCOCC1)N1CC(C)(C)C1(C)C.I. The summed E-state index contributed by atoms with van der Waals surface area (Å²) in [6.07, 6.45) is 0. The van der Waals surface area contributed by atoms with Gasteiger partial charge in [-0.25, -0.2) is 0 Å². The van der Waals surface area contributed by atoms with Crippen LogP contribution in [-0.4, -0.2) is 73.8 Å². The second kappa shape index (κ2) is 8.15. The van der Waals surface area contributed by atoms with Crippen LogP contribution in [-0.2, 0) is 4.74 Å². The predicted octanol–water partition coefficient (Wildman–Crippen LogP) is 2.02. The quantitative estimate of drug-likeness (QED) is 0.426. The van der Waals surface area contributed by atoms with Crippen molar-refractivity contribution >= 4 is 29.9 Å². The van der Waals surface area contributed by atoms with Gasteiger partial charge in [0, 0.05) is 43.7 Å². The first-order valence-corrected chi connectivity index (χ1v) is 8.24. The molecule has 2 aliphatic rings. The first-order valence-electron chi connectivity index (χ1n) is 8.24. The lowest BCUT2D eigenvalue weighted by molar-refractivity contribution is -0.0667. The molecule has 2 fully saturated rings. The first kappa shape index (κ1) is 20.0. The molecule has 0 atom stereocenters. The molecule has 0 unspecified atom stereocenters. The zero-order chi connectivity index (χ0) is 15.5. The summed E-state index contributed by atoms with van der Waals surface area (Å²) in [5.41, 5.74) is 0.500. The number of morpholine rings is 1. The topological polar surface area (TPSA) is 40.1 Å². The molecule has 1 N–H and O–H groups in total. The van der Waals surface area contributed by atoms with E-state index in [0.29, 0.717) is 5.41 Å². The average molecular weight is 424 g/mol. The molecule has 2 rings (SSSR count). The number of nitrogens with one attached hydrogen (secondary N) is 1. The Hall–Kier alpha value is -0.0800. The molecule has 130 valence electrons. The number of hydrogen-bond acceptors (Lipinski definition) is 3. The molecule has 2 heterocycles. The summed E-state index contributed by atoms with van der Waals surface area (Å²) in [4.78, 5) is 9.68. The molecule has 0 amide bonds. The minimum absolute atomic E-state index is 0. The van der Waals surface area contributed by atoms with Crippen molar-refractivity contribution < 1.29 is 4.74 Å². The zero-order valence-electron chi connectivity index (χ0n) is 14.8. The van der Waals surface area contributed by atoms with Gasteiger partial charge in [-0.2, -0.15) is 0 Å². The third kappa shape index (κ3) is 4.26. The maximum absolute atomic E-state index is 5.38. The van der Waals surface area contributed by atoms with Gasteiger partial charge in [-0.3, -0.25) is 9.89 Å². The van der Waals surface area contributed by atoms with Crippen LogP contribution < -0.4 is 5.32 Å². The van der Waals surface area contributed by atoms with Gasteiger partial charge in [-0.1, -0.05) is 13.8 Å². The maximum Gasteiger partial charge on any atom is 0.194 e. The van der Waals surface area contributed by atoms with Gasteiger partial charge in [0.15, 0.2) is 5.96 Å². The Morgan fingerprint density at radius 2 is 1.82 bits per heavy atom. The first-order chi connectivity index (χ1) is 9.88. The Balaban J connectivity index is 0.00000242. The summed E-state index contributed by atoms with van der Waals surface area (Å²) >= 11 is 0. The number of rotatable bonds is 4. The highest BCUT2D eigenvalue weighted by molar-refractivity contribution is 14.0. The molecule has 0 bridgehead atoms. The largest absolute Gasteiger partial charge is 0.379 e. The molecule has 0 aromatic heterocycles. The van der Waals surface area contributed by atoms with Gasteiger partial charge in [-0.15, -0.1) is 24.0 Å². The number of guanidine groups is 1. The van der Waals surface area contributed by atoms with Crippen LogP contribution in [0, 0.1) is 5.41 Å². The van der Waals surface area contributed by atoms with Crippen molar-refractivity contribution in [3.63, 3.8) is 0 Å². The lowest BCUT2D eigenvalue weighted by Crippen LogP contribution is -2.72. The highest BCUT2D eigenvalue weighted by atomic mass is 127. The van der Waals surface area contributed by atoms with Gasteiger partial charge >= 0.3 is 0 Å². The standard InChI is InChI=1S/C16H32N4O.HI/c1-6-17-14(20-13-15(2,3)16(20,4)5)18-7-8-19-9-11-21-12-10-19;/h6-13H2,1-5H3,(H,17,18);1H. The lowest BCUT2D eigenvalue weighted by atomic mass is 9.65. The number of nitrogens with zero attached hydrogens (tertiary/aromatic N) is 3. The van der Waals surface area contributed by atoms with Crippen LogP contribution in [0.2, 0.25) is 0 Å². The summed E-state index contributed by atoms with van der Waals surface area (Å²) in [6.45, 7) is 19.1. The molecule has 5 nitrogen and oxygen atoms in total. The van der Waals surface area contributed by atoms with Gasteiger partial charge in [0.1, 0.15) is 0 Å². The molecule has 22 heavy (non-hydrogen) atoms. The Morgan fingerprint density at radius 3 is 2.32 bits per heavy atom. The number of aliphatic imine (C=N–C) groups is 1. The van der Waals surface area contributed by atoms with E-state index in [4.69, 9.17) is 9.73 Å². The molecule has 0 radical (unpaired) electrons. The van der Waals surface area contributed by atoms with Crippen molar-refractivity contribution in [2.24, 2.45) is 10.4 Å². The normalized spacial score (nSPS) is 24.4. The van der Waals surface area contributed by atoms with Gasteiger partial charge in [0.2, 0.25) is 0 Å². The van der Waals surface area contributed by atoms with Crippen molar-refractivity contribution in [3.8, 4) is 0 Å². The van der Waals surface area contributed by atoms with Crippen LogP contribution in [0.4, 0.5) is 0 Å². The van der Waals surface area contributed by atoms with E-state index in [0.717, 1.165) is 58.4 Å². The highest BCUT2D eigenvalue weighted by Crippen LogP contribution is 2.46. The molecular formula is C16H33IN4O. The van der Waals surface area contributed by atoms with Crippen LogP contribution in [0.1, 0.15) is 34.6 Å². The predicted molar refractivity (Wildman–Crippen MR) is 103 cm³/mol. The van der Waals surface area contributed by atoms with Crippen molar-refractivity contribution in [3.05, 3.63) is 0 Å². The molecule has 0 aromatic rings. The Kier molecular flexibility index (Phi) is 7.39. The molecule has 0 spiro atoms. The van der Waals surface area contributed by atoms with E-state index in [1.807, 2.05) is 0 Å². The third-order valence-electron chi connectivity index (χ3n) is 5.26. The molecule has 6 heteroatoms. The van der Waals surface area contributed by atoms with E-state index in [9.17, 15) is 0 Å². The number of hydrogen-bond donors (Lipinski definition) is 1. The third-order valence-corrected chi connectivity index (χ3v) is 5.26. The van der Waals surface area contributed by atoms with Crippen LogP contribution >= 0.6 is 24.0 Å². The van der Waals surface area contributed by atoms with E-state index in [1.165, 1.54) is 0 Å². The van der Waals surface area contributed by atoms with Crippen molar-refractivity contribution in [2.45, 2.75) is 40.2 Å². The monoisotopic (exact) mass is 424 g/mol. The van der Waals surface area contributed by atoms with Crippen LogP contribution in [0.3, 0.4) is 0 Å². The fourth-order valence-electron chi connectivity index (χ4n) is 2.92. The second-order valence-electron chi connectivity index (χ2n) is 7.22. The minimum Gasteiger partial charge on any atom is -0.379 e. The summed E-state index contributed by atoms with van der Waals surface area (Å²) < 4.78 is 5.38. The van der Waals surface area contributed by atoms with E-state index in [-0.39, 0.29) is 29.5 Å².